The normalized spacial score (nSPS) is 21.5. The number of ether oxygens (including phenoxy) is 1. The summed E-state index contributed by atoms with van der Waals surface area (Å²) >= 11 is 0. The van der Waals surface area contributed by atoms with Crippen molar-refractivity contribution in [3.05, 3.63) is 71.6 Å². The smallest absolute Gasteiger partial charge is 0.255 e. The van der Waals surface area contributed by atoms with E-state index in [4.69, 9.17) is 4.74 Å². The van der Waals surface area contributed by atoms with E-state index in [1.54, 1.807) is 11.0 Å². The number of carbonyl (C=O) groups excluding carboxylic acids is 3. The van der Waals surface area contributed by atoms with Gasteiger partial charge in [0.25, 0.3) is 5.91 Å². The van der Waals surface area contributed by atoms with Crippen LogP contribution >= 0.6 is 0 Å². The minimum absolute atomic E-state index is 0.0785. The quantitative estimate of drug-likeness (QED) is 0.687. The zero-order chi connectivity index (χ0) is 23.2. The molecule has 1 fully saturated rings. The highest BCUT2D eigenvalue weighted by atomic mass is 19.1. The van der Waals surface area contributed by atoms with E-state index in [-0.39, 0.29) is 61.3 Å². The van der Waals surface area contributed by atoms with Crippen molar-refractivity contribution in [2.75, 3.05) is 19.7 Å². The molecule has 8 heteroatoms. The van der Waals surface area contributed by atoms with Crippen LogP contribution in [0.3, 0.4) is 0 Å². The Labute approximate surface area is 191 Å². The summed E-state index contributed by atoms with van der Waals surface area (Å²) in [5.41, 5.74) is 0.972. The van der Waals surface area contributed by atoms with E-state index < -0.39 is 11.7 Å². The molecule has 4 rings (SSSR count). The van der Waals surface area contributed by atoms with Gasteiger partial charge in [-0.3, -0.25) is 14.4 Å². The molecule has 0 spiro atoms. The Balaban J connectivity index is 1.57. The first-order valence-corrected chi connectivity index (χ1v) is 11.0. The van der Waals surface area contributed by atoms with Gasteiger partial charge in [0.05, 0.1) is 12.1 Å². The lowest BCUT2D eigenvalue weighted by Crippen LogP contribution is -2.47. The van der Waals surface area contributed by atoms with Gasteiger partial charge in [0.15, 0.2) is 0 Å². The predicted molar refractivity (Wildman–Crippen MR) is 121 cm³/mol. The largest absolute Gasteiger partial charge is 0.491 e. The average Bonchev–Trinajstić information content (AvgIpc) is 3.21. The molecule has 0 radical (unpaired) electrons. The fraction of sp³-hybridized carbons (Fsp3) is 0.320. The van der Waals surface area contributed by atoms with Gasteiger partial charge in [0, 0.05) is 31.1 Å². The van der Waals surface area contributed by atoms with Crippen LogP contribution in [0, 0.1) is 5.82 Å². The molecule has 2 aliphatic heterocycles. The maximum absolute atomic E-state index is 13.8. The molecule has 0 unspecified atom stereocenters. The molecule has 2 aromatic carbocycles. The van der Waals surface area contributed by atoms with Gasteiger partial charge >= 0.3 is 0 Å². The number of rotatable bonds is 2. The van der Waals surface area contributed by atoms with Crippen LogP contribution in [0.4, 0.5) is 4.39 Å². The van der Waals surface area contributed by atoms with Crippen molar-refractivity contribution in [1.29, 1.82) is 0 Å². The Morgan fingerprint density at radius 2 is 1.85 bits per heavy atom. The van der Waals surface area contributed by atoms with Crippen molar-refractivity contribution in [2.24, 2.45) is 0 Å². The Kier molecular flexibility index (Phi) is 7.02. The molecular formula is C25H26FN3O4. The number of amides is 3. The SMILES string of the molecule is O=C1C[C@@H]2CC[C@H](CNC(=O)c3cc(F)ccc3OCCN1)N2C(=O)C=Cc1ccccc1. The van der Waals surface area contributed by atoms with E-state index in [1.807, 2.05) is 30.3 Å². The van der Waals surface area contributed by atoms with Crippen molar-refractivity contribution >= 4 is 23.8 Å². The fourth-order valence-corrected chi connectivity index (χ4v) is 4.29. The number of halogens is 1. The highest BCUT2D eigenvalue weighted by Gasteiger charge is 2.37. The molecule has 0 aliphatic carbocycles. The van der Waals surface area contributed by atoms with Gasteiger partial charge in [-0.15, -0.1) is 0 Å². The zero-order valence-electron chi connectivity index (χ0n) is 18.1. The monoisotopic (exact) mass is 451 g/mol. The van der Waals surface area contributed by atoms with Gasteiger partial charge < -0.3 is 20.3 Å². The van der Waals surface area contributed by atoms with Gasteiger partial charge in [-0.2, -0.15) is 0 Å². The van der Waals surface area contributed by atoms with E-state index >= 15 is 0 Å². The molecule has 7 nitrogen and oxygen atoms in total. The maximum Gasteiger partial charge on any atom is 0.255 e. The van der Waals surface area contributed by atoms with Crippen LogP contribution in [-0.4, -0.2) is 54.4 Å². The standard InChI is InChI=1S/C25H26FN3O4/c26-18-7-10-22-21(14-18)25(32)28-16-20-9-8-19(15-23(30)27-12-13-33-22)29(20)24(31)11-6-17-4-2-1-3-5-17/h1-7,10-11,14,19-20H,8-9,12-13,15-16H2,(H,27,30)(H,28,32)/t19-,20+/m0/s1. The summed E-state index contributed by atoms with van der Waals surface area (Å²) < 4.78 is 19.4. The molecular weight excluding hydrogens is 425 g/mol. The molecule has 2 aromatic rings. The van der Waals surface area contributed by atoms with Crippen LogP contribution < -0.4 is 15.4 Å². The molecule has 172 valence electrons. The van der Waals surface area contributed by atoms with Crippen LogP contribution in [-0.2, 0) is 9.59 Å². The van der Waals surface area contributed by atoms with Crippen LogP contribution in [0.2, 0.25) is 0 Å². The fourth-order valence-electron chi connectivity index (χ4n) is 4.29. The summed E-state index contributed by atoms with van der Waals surface area (Å²) in [5, 5.41) is 5.61. The molecule has 2 aliphatic rings. The molecule has 0 aromatic heterocycles. The number of hydrogen-bond donors (Lipinski definition) is 2. The second kappa shape index (κ2) is 10.3. The highest BCUT2D eigenvalue weighted by molar-refractivity contribution is 5.97. The van der Waals surface area contributed by atoms with Crippen molar-refractivity contribution < 1.29 is 23.5 Å². The molecule has 1 saturated heterocycles. The lowest BCUT2D eigenvalue weighted by Gasteiger charge is -2.30. The number of nitrogens with zero attached hydrogens (tertiary/aromatic N) is 1. The van der Waals surface area contributed by atoms with Gasteiger partial charge in [-0.05, 0) is 42.7 Å². The third kappa shape index (κ3) is 5.58. The summed E-state index contributed by atoms with van der Waals surface area (Å²) in [5.74, 6) is -1.17. The van der Waals surface area contributed by atoms with Crippen molar-refractivity contribution in [3.63, 3.8) is 0 Å². The first-order valence-electron chi connectivity index (χ1n) is 11.0. The minimum atomic E-state index is -0.550. The zero-order valence-corrected chi connectivity index (χ0v) is 18.1. The molecule has 2 atom stereocenters. The van der Waals surface area contributed by atoms with Crippen LogP contribution in [0.5, 0.6) is 5.75 Å². The molecule has 3 amide bonds. The summed E-state index contributed by atoms with van der Waals surface area (Å²) in [6.45, 7) is 0.556. The third-order valence-corrected chi connectivity index (χ3v) is 5.88. The number of hydrogen-bond acceptors (Lipinski definition) is 4. The van der Waals surface area contributed by atoms with E-state index in [2.05, 4.69) is 10.6 Å². The summed E-state index contributed by atoms with van der Waals surface area (Å²) in [4.78, 5) is 40.1. The lowest BCUT2D eigenvalue weighted by atomic mass is 10.1. The van der Waals surface area contributed by atoms with Gasteiger partial charge in [0.1, 0.15) is 18.2 Å². The van der Waals surface area contributed by atoms with Gasteiger partial charge in [0.2, 0.25) is 11.8 Å². The van der Waals surface area contributed by atoms with Crippen molar-refractivity contribution in [3.8, 4) is 5.75 Å². The van der Waals surface area contributed by atoms with Crippen molar-refractivity contribution in [1.82, 2.24) is 15.5 Å². The van der Waals surface area contributed by atoms with Crippen molar-refractivity contribution in [2.45, 2.75) is 31.3 Å². The predicted octanol–water partition coefficient (Wildman–Crippen LogP) is 2.53. The Morgan fingerprint density at radius 1 is 1.06 bits per heavy atom. The van der Waals surface area contributed by atoms with Crippen LogP contribution in [0.25, 0.3) is 6.08 Å². The molecule has 33 heavy (non-hydrogen) atoms. The highest BCUT2D eigenvalue weighted by Crippen LogP contribution is 2.27. The number of nitrogens with one attached hydrogen (secondary N) is 2. The number of fused-ring (bicyclic) bond motifs is 3. The van der Waals surface area contributed by atoms with Crippen LogP contribution in [0.15, 0.2) is 54.6 Å². The Morgan fingerprint density at radius 3 is 2.67 bits per heavy atom. The average molecular weight is 451 g/mol. The maximum atomic E-state index is 13.8. The second-order valence-corrected chi connectivity index (χ2v) is 8.13. The van der Waals surface area contributed by atoms with E-state index in [9.17, 15) is 18.8 Å². The molecule has 0 saturated carbocycles. The van der Waals surface area contributed by atoms with E-state index in [0.717, 1.165) is 11.6 Å². The van der Waals surface area contributed by atoms with Gasteiger partial charge in [-0.25, -0.2) is 4.39 Å². The number of benzene rings is 2. The second-order valence-electron chi connectivity index (χ2n) is 8.13. The molecule has 2 N–H and O–H groups in total. The topological polar surface area (TPSA) is 87.7 Å². The lowest BCUT2D eigenvalue weighted by molar-refractivity contribution is -0.130. The number of carbonyl (C=O) groups is 3. The summed E-state index contributed by atoms with van der Waals surface area (Å²) in [6, 6.07) is 12.7. The third-order valence-electron chi connectivity index (χ3n) is 5.88. The summed E-state index contributed by atoms with van der Waals surface area (Å²) in [7, 11) is 0. The molecule has 2 bridgehead atoms. The summed E-state index contributed by atoms with van der Waals surface area (Å²) in [6.07, 6.45) is 4.72. The minimum Gasteiger partial charge on any atom is -0.491 e. The Bertz CT molecular complexity index is 1060. The van der Waals surface area contributed by atoms with Gasteiger partial charge in [-0.1, -0.05) is 30.3 Å². The first-order chi connectivity index (χ1) is 16.0. The first kappa shape index (κ1) is 22.5. The Hall–Kier alpha value is -3.68. The van der Waals surface area contributed by atoms with E-state index in [1.165, 1.54) is 18.2 Å². The molecule has 2 heterocycles. The van der Waals surface area contributed by atoms with Crippen LogP contribution in [0.1, 0.15) is 35.2 Å². The van der Waals surface area contributed by atoms with E-state index in [0.29, 0.717) is 12.8 Å².